The zero-order valence-corrected chi connectivity index (χ0v) is 16.2. The molecule has 1 amide bonds. The summed E-state index contributed by atoms with van der Waals surface area (Å²) in [6.07, 6.45) is 4.45. The van der Waals surface area contributed by atoms with E-state index in [0.29, 0.717) is 18.0 Å². The second-order valence-corrected chi connectivity index (χ2v) is 7.83. The van der Waals surface area contributed by atoms with Crippen LogP contribution in [0.4, 0.5) is 5.69 Å². The molecule has 0 saturated carbocycles. The predicted octanol–water partition coefficient (Wildman–Crippen LogP) is 4.66. The maximum absolute atomic E-state index is 12.7. The Morgan fingerprint density at radius 3 is 2.81 bits per heavy atom. The van der Waals surface area contributed by atoms with Gasteiger partial charge in [-0.15, -0.1) is 0 Å². The van der Waals surface area contributed by atoms with E-state index in [2.05, 4.69) is 17.2 Å². The largest absolute Gasteiger partial charge is 0.399 e. The molecule has 2 heterocycles. The SMILES string of the molecule is Cc1ccc(N)cc1CC(=O)N1CCC(c2c[nH]c3c(Cl)cccc23)CC1. The van der Waals surface area contributed by atoms with E-state index in [1.807, 2.05) is 42.2 Å². The van der Waals surface area contributed by atoms with Crippen molar-refractivity contribution in [3.8, 4) is 0 Å². The lowest BCUT2D eigenvalue weighted by atomic mass is 9.89. The fourth-order valence-electron chi connectivity index (χ4n) is 4.07. The van der Waals surface area contributed by atoms with Gasteiger partial charge in [-0.1, -0.05) is 29.8 Å². The van der Waals surface area contributed by atoms with Crippen LogP contribution >= 0.6 is 11.6 Å². The minimum absolute atomic E-state index is 0.184. The number of hydrogen-bond donors (Lipinski definition) is 2. The van der Waals surface area contributed by atoms with Crippen LogP contribution in [0.2, 0.25) is 5.02 Å². The maximum atomic E-state index is 12.7. The summed E-state index contributed by atoms with van der Waals surface area (Å²) in [6, 6.07) is 11.8. The molecule has 3 N–H and O–H groups in total. The van der Waals surface area contributed by atoms with Crippen molar-refractivity contribution in [2.24, 2.45) is 0 Å². The molecule has 27 heavy (non-hydrogen) atoms. The second kappa shape index (κ2) is 7.28. The highest BCUT2D eigenvalue weighted by Gasteiger charge is 2.26. The molecule has 4 nitrogen and oxygen atoms in total. The van der Waals surface area contributed by atoms with E-state index < -0.39 is 0 Å². The van der Waals surface area contributed by atoms with E-state index in [1.165, 1.54) is 10.9 Å². The van der Waals surface area contributed by atoms with Crippen LogP contribution in [0, 0.1) is 6.92 Å². The number of nitrogens with two attached hydrogens (primary N) is 1. The quantitative estimate of drug-likeness (QED) is 0.648. The van der Waals surface area contributed by atoms with E-state index in [9.17, 15) is 4.79 Å². The lowest BCUT2D eigenvalue weighted by Gasteiger charge is -2.32. The number of carbonyl (C=O) groups excluding carboxylic acids is 1. The first-order chi connectivity index (χ1) is 13.0. The van der Waals surface area contributed by atoms with Crippen molar-refractivity contribution in [2.75, 3.05) is 18.8 Å². The van der Waals surface area contributed by atoms with Crippen molar-refractivity contribution in [1.82, 2.24) is 9.88 Å². The Hall–Kier alpha value is -2.46. The number of rotatable bonds is 3. The molecule has 0 aliphatic carbocycles. The molecule has 5 heteroatoms. The summed E-state index contributed by atoms with van der Waals surface area (Å²) in [5.41, 5.74) is 11.0. The number of hydrogen-bond acceptors (Lipinski definition) is 2. The first kappa shape index (κ1) is 17.9. The van der Waals surface area contributed by atoms with Gasteiger partial charge in [0.25, 0.3) is 0 Å². The van der Waals surface area contributed by atoms with Gasteiger partial charge in [-0.2, -0.15) is 0 Å². The van der Waals surface area contributed by atoms with E-state index in [4.69, 9.17) is 17.3 Å². The molecule has 3 aromatic rings. The summed E-state index contributed by atoms with van der Waals surface area (Å²) in [6.45, 7) is 3.60. The first-order valence-corrected chi connectivity index (χ1v) is 9.79. The van der Waals surface area contributed by atoms with Crippen LogP contribution in [0.25, 0.3) is 10.9 Å². The molecule has 1 saturated heterocycles. The Kier molecular flexibility index (Phi) is 4.83. The predicted molar refractivity (Wildman–Crippen MR) is 111 cm³/mol. The van der Waals surface area contributed by atoms with Gasteiger partial charge in [0.2, 0.25) is 5.91 Å². The lowest BCUT2D eigenvalue weighted by Crippen LogP contribution is -2.38. The number of aromatic amines is 1. The fourth-order valence-corrected chi connectivity index (χ4v) is 4.30. The average molecular weight is 382 g/mol. The van der Waals surface area contributed by atoms with Crippen molar-refractivity contribution in [1.29, 1.82) is 0 Å². The number of anilines is 1. The number of amides is 1. The van der Waals surface area contributed by atoms with Gasteiger partial charge in [0, 0.05) is 30.4 Å². The van der Waals surface area contributed by atoms with E-state index in [1.54, 1.807) is 0 Å². The number of nitrogens with one attached hydrogen (secondary N) is 1. The summed E-state index contributed by atoms with van der Waals surface area (Å²) in [4.78, 5) is 18.0. The van der Waals surface area contributed by atoms with Crippen LogP contribution in [0.3, 0.4) is 0 Å². The van der Waals surface area contributed by atoms with Crippen molar-refractivity contribution in [2.45, 2.75) is 32.1 Å². The molecule has 2 aromatic carbocycles. The van der Waals surface area contributed by atoms with Gasteiger partial charge < -0.3 is 15.6 Å². The maximum Gasteiger partial charge on any atom is 0.227 e. The van der Waals surface area contributed by atoms with Crippen LogP contribution in [-0.4, -0.2) is 28.9 Å². The zero-order valence-electron chi connectivity index (χ0n) is 15.5. The number of carbonyl (C=O) groups is 1. The van der Waals surface area contributed by atoms with Crippen LogP contribution in [0.1, 0.15) is 35.4 Å². The third-order valence-electron chi connectivity index (χ3n) is 5.70. The molecule has 1 aliphatic heterocycles. The van der Waals surface area contributed by atoms with Gasteiger partial charge in [-0.05, 0) is 60.6 Å². The van der Waals surface area contributed by atoms with Gasteiger partial charge in [-0.25, -0.2) is 0 Å². The molecule has 140 valence electrons. The highest BCUT2D eigenvalue weighted by molar-refractivity contribution is 6.35. The number of aromatic nitrogens is 1. The second-order valence-electron chi connectivity index (χ2n) is 7.42. The topological polar surface area (TPSA) is 62.1 Å². The number of halogens is 1. The number of piperidine rings is 1. The molecule has 1 aliphatic rings. The molecule has 4 rings (SSSR count). The molecule has 1 fully saturated rings. The van der Waals surface area contributed by atoms with Crippen LogP contribution < -0.4 is 5.73 Å². The number of para-hydroxylation sites is 1. The van der Waals surface area contributed by atoms with Gasteiger partial charge in [0.05, 0.1) is 17.0 Å². The van der Waals surface area contributed by atoms with E-state index >= 15 is 0 Å². The van der Waals surface area contributed by atoms with Crippen molar-refractivity contribution < 1.29 is 4.79 Å². The molecule has 0 bridgehead atoms. The van der Waals surface area contributed by atoms with Crippen molar-refractivity contribution >= 4 is 34.1 Å². The normalized spacial score (nSPS) is 15.4. The number of nitrogens with zero attached hydrogens (tertiary/aromatic N) is 1. The lowest BCUT2D eigenvalue weighted by molar-refractivity contribution is -0.131. The number of benzene rings is 2. The highest BCUT2D eigenvalue weighted by atomic mass is 35.5. The standard InChI is InChI=1S/C22H24ClN3O/c1-14-5-6-17(24)11-16(14)12-21(27)26-9-7-15(8-10-26)19-13-25-22-18(19)3-2-4-20(22)23/h2-6,11,13,15,25H,7-10,12,24H2,1H3. The summed E-state index contributed by atoms with van der Waals surface area (Å²) >= 11 is 6.28. The number of fused-ring (bicyclic) bond motifs is 1. The first-order valence-electron chi connectivity index (χ1n) is 9.41. The molecular weight excluding hydrogens is 358 g/mol. The van der Waals surface area contributed by atoms with Crippen molar-refractivity contribution in [3.63, 3.8) is 0 Å². The summed E-state index contributed by atoms with van der Waals surface area (Å²) in [5.74, 6) is 0.638. The van der Waals surface area contributed by atoms with Gasteiger partial charge in [0.1, 0.15) is 0 Å². The molecule has 0 spiro atoms. The molecule has 0 radical (unpaired) electrons. The molecule has 1 aromatic heterocycles. The smallest absolute Gasteiger partial charge is 0.227 e. The summed E-state index contributed by atoms with van der Waals surface area (Å²) in [5, 5.41) is 1.95. The van der Waals surface area contributed by atoms with E-state index in [-0.39, 0.29) is 5.91 Å². The average Bonchev–Trinajstić information content (AvgIpc) is 3.10. The van der Waals surface area contributed by atoms with Gasteiger partial charge >= 0.3 is 0 Å². The van der Waals surface area contributed by atoms with Crippen LogP contribution in [0.5, 0.6) is 0 Å². The Labute approximate surface area is 164 Å². The number of H-pyrrole nitrogens is 1. The van der Waals surface area contributed by atoms with Gasteiger partial charge in [0.15, 0.2) is 0 Å². The molecular formula is C22H24ClN3O. The van der Waals surface area contributed by atoms with E-state index in [0.717, 1.165) is 47.6 Å². The number of nitrogen functional groups attached to an aromatic ring is 1. The third-order valence-corrected chi connectivity index (χ3v) is 6.01. The minimum Gasteiger partial charge on any atom is -0.399 e. The minimum atomic E-state index is 0.184. The fraction of sp³-hybridized carbons (Fsp3) is 0.318. The zero-order chi connectivity index (χ0) is 19.0. The number of aryl methyl sites for hydroxylation is 1. The Balaban J connectivity index is 1.43. The summed E-state index contributed by atoms with van der Waals surface area (Å²) in [7, 11) is 0. The Bertz CT molecular complexity index is 986. The molecule has 0 atom stereocenters. The van der Waals surface area contributed by atoms with Crippen molar-refractivity contribution in [3.05, 3.63) is 64.3 Å². The third kappa shape index (κ3) is 3.54. The van der Waals surface area contributed by atoms with Gasteiger partial charge in [-0.3, -0.25) is 4.79 Å². The van der Waals surface area contributed by atoms with Crippen LogP contribution in [-0.2, 0) is 11.2 Å². The Morgan fingerprint density at radius 2 is 2.04 bits per heavy atom. The summed E-state index contributed by atoms with van der Waals surface area (Å²) < 4.78 is 0. The number of likely N-dealkylation sites (tertiary alicyclic amines) is 1. The molecule has 0 unspecified atom stereocenters. The van der Waals surface area contributed by atoms with Crippen LogP contribution in [0.15, 0.2) is 42.6 Å². The monoisotopic (exact) mass is 381 g/mol. The highest BCUT2D eigenvalue weighted by Crippen LogP contribution is 2.35. The Morgan fingerprint density at radius 1 is 1.26 bits per heavy atom.